The number of hydrogen-bond donors (Lipinski definition) is 0. The summed E-state index contributed by atoms with van der Waals surface area (Å²) >= 11 is 0. The zero-order chi connectivity index (χ0) is 25.6. The van der Waals surface area contributed by atoms with Crippen molar-refractivity contribution in [1.82, 2.24) is 0 Å². The lowest BCUT2D eigenvalue weighted by molar-refractivity contribution is 0.00578. The molecule has 6 heteroatoms. The highest BCUT2D eigenvalue weighted by Gasteiger charge is 2.51. The highest BCUT2D eigenvalue weighted by Crippen LogP contribution is 2.37. The largest absolute Gasteiger partial charge is 0.494 e. The molecule has 3 aromatic rings. The van der Waals surface area contributed by atoms with Crippen LogP contribution in [0.5, 0.6) is 0 Å². The first-order valence-electron chi connectivity index (χ1n) is 12.0. The third-order valence-electron chi connectivity index (χ3n) is 6.25. The summed E-state index contributed by atoms with van der Waals surface area (Å²) < 4.78 is 12.3. The van der Waals surface area contributed by atoms with E-state index in [1.165, 1.54) is 6.42 Å². The maximum absolute atomic E-state index is 11.1. The second-order valence-electron chi connectivity index (χ2n) is 9.64. The molecule has 0 amide bonds. The Morgan fingerprint density at radius 3 is 1.29 bits per heavy atom. The van der Waals surface area contributed by atoms with E-state index in [2.05, 4.69) is 18.7 Å². The molecule has 1 fully saturated rings. The van der Waals surface area contributed by atoms with Crippen molar-refractivity contribution in [1.29, 1.82) is 0 Å². The predicted molar refractivity (Wildman–Crippen MR) is 144 cm³/mol. The summed E-state index contributed by atoms with van der Waals surface area (Å²) in [6, 6.07) is 22.8. The highest BCUT2D eigenvalue weighted by molar-refractivity contribution is 6.62. The lowest BCUT2D eigenvalue weighted by Crippen LogP contribution is -2.41. The number of aldehydes is 2. The fourth-order valence-corrected chi connectivity index (χ4v) is 3.61. The molecule has 0 bridgehead atoms. The van der Waals surface area contributed by atoms with E-state index >= 15 is 0 Å². The smallest absolute Gasteiger partial charge is 0.399 e. The van der Waals surface area contributed by atoms with E-state index in [4.69, 9.17) is 9.31 Å². The van der Waals surface area contributed by atoms with E-state index in [1.807, 2.05) is 76.2 Å². The van der Waals surface area contributed by atoms with Crippen LogP contribution in [0, 0.1) is 0 Å². The number of rotatable bonds is 6. The molecule has 0 aliphatic carbocycles. The van der Waals surface area contributed by atoms with Crippen molar-refractivity contribution >= 4 is 42.2 Å². The Morgan fingerprint density at radius 1 is 0.657 bits per heavy atom. The first-order chi connectivity index (χ1) is 16.7. The minimum absolute atomic E-state index is 0.400. The molecular formula is C29H34BNO4. The normalized spacial score (nSPS) is 15.7. The molecule has 182 valence electrons. The van der Waals surface area contributed by atoms with Crippen LogP contribution in [0.15, 0.2) is 72.8 Å². The van der Waals surface area contributed by atoms with Crippen molar-refractivity contribution in [2.75, 3.05) is 4.90 Å². The molecule has 0 aromatic heterocycles. The van der Waals surface area contributed by atoms with Crippen LogP contribution in [0.25, 0.3) is 0 Å². The Hall–Kier alpha value is -3.22. The van der Waals surface area contributed by atoms with Gasteiger partial charge in [0.2, 0.25) is 0 Å². The minimum atomic E-state index is -0.429. The summed E-state index contributed by atoms with van der Waals surface area (Å²) in [5, 5.41) is 0. The van der Waals surface area contributed by atoms with Gasteiger partial charge in [-0.15, -0.1) is 0 Å². The van der Waals surface area contributed by atoms with Gasteiger partial charge >= 0.3 is 7.12 Å². The molecule has 0 atom stereocenters. The van der Waals surface area contributed by atoms with Crippen LogP contribution < -0.4 is 10.4 Å². The van der Waals surface area contributed by atoms with Crippen molar-refractivity contribution in [2.45, 2.75) is 59.2 Å². The molecule has 1 aliphatic rings. The molecule has 1 saturated heterocycles. The van der Waals surface area contributed by atoms with Crippen LogP contribution in [0.2, 0.25) is 0 Å². The van der Waals surface area contributed by atoms with Gasteiger partial charge in [-0.05, 0) is 93.8 Å². The maximum atomic E-state index is 11.1. The average molecular weight is 471 g/mol. The fourth-order valence-electron chi connectivity index (χ4n) is 3.61. The molecule has 0 N–H and O–H groups in total. The van der Waals surface area contributed by atoms with Gasteiger partial charge in [0.25, 0.3) is 0 Å². The topological polar surface area (TPSA) is 55.8 Å². The van der Waals surface area contributed by atoms with E-state index in [0.29, 0.717) is 11.1 Å². The quantitative estimate of drug-likeness (QED) is 0.304. The van der Waals surface area contributed by atoms with Gasteiger partial charge < -0.3 is 14.2 Å². The third kappa shape index (κ3) is 5.89. The molecule has 3 aromatic carbocycles. The Bertz CT molecular complexity index is 1060. The standard InChI is InChI=1S/C26H26BNO4.C3H8/c1-25(2)26(3,4)32-27(31-25)21-9-15-24(16-10-21)28(22-11-5-19(17-29)6-12-22)23-13-7-20(18-30)8-14-23;1-3-2/h5-18H,1-4H3;3H2,1-2H3. The summed E-state index contributed by atoms with van der Waals surface area (Å²) in [5.74, 6) is 0. The number of anilines is 3. The van der Waals surface area contributed by atoms with Gasteiger partial charge in [-0.2, -0.15) is 0 Å². The molecule has 5 nitrogen and oxygen atoms in total. The van der Waals surface area contributed by atoms with Crippen molar-refractivity contribution in [3.05, 3.63) is 83.9 Å². The predicted octanol–water partition coefficient (Wildman–Crippen LogP) is 6.50. The lowest BCUT2D eigenvalue weighted by Gasteiger charge is -2.32. The Labute approximate surface area is 209 Å². The van der Waals surface area contributed by atoms with Crippen LogP contribution in [0.3, 0.4) is 0 Å². The van der Waals surface area contributed by atoms with Gasteiger partial charge in [-0.3, -0.25) is 9.59 Å². The van der Waals surface area contributed by atoms with E-state index in [1.54, 1.807) is 24.3 Å². The van der Waals surface area contributed by atoms with Crippen LogP contribution in [-0.2, 0) is 9.31 Å². The zero-order valence-corrected chi connectivity index (χ0v) is 21.4. The van der Waals surface area contributed by atoms with Gasteiger partial charge in [0.05, 0.1) is 11.2 Å². The Morgan fingerprint density at radius 2 is 0.971 bits per heavy atom. The monoisotopic (exact) mass is 471 g/mol. The van der Waals surface area contributed by atoms with Gasteiger partial charge in [-0.1, -0.05) is 32.4 Å². The second kappa shape index (κ2) is 11.0. The Kier molecular flexibility index (Phi) is 8.31. The number of nitrogens with zero attached hydrogens (tertiary/aromatic N) is 1. The van der Waals surface area contributed by atoms with Gasteiger partial charge in [0, 0.05) is 28.2 Å². The van der Waals surface area contributed by atoms with E-state index in [-0.39, 0.29) is 0 Å². The van der Waals surface area contributed by atoms with Crippen LogP contribution >= 0.6 is 0 Å². The zero-order valence-electron chi connectivity index (χ0n) is 21.4. The molecule has 0 spiro atoms. The molecule has 1 aliphatic heterocycles. The Balaban J connectivity index is 0.00000108. The third-order valence-corrected chi connectivity index (χ3v) is 6.25. The SMILES string of the molecule is CC1(C)OB(c2ccc(N(c3ccc(C=O)cc3)c3ccc(C=O)cc3)cc2)OC1(C)C.CCC. The average Bonchev–Trinajstić information content (AvgIpc) is 3.08. The van der Waals surface area contributed by atoms with Crippen molar-refractivity contribution < 1.29 is 18.9 Å². The highest BCUT2D eigenvalue weighted by atomic mass is 16.7. The van der Waals surface area contributed by atoms with Crippen LogP contribution in [0.1, 0.15) is 68.7 Å². The molecule has 0 unspecified atom stereocenters. The molecule has 35 heavy (non-hydrogen) atoms. The summed E-state index contributed by atoms with van der Waals surface area (Å²) in [4.78, 5) is 24.2. The number of benzene rings is 3. The second-order valence-corrected chi connectivity index (χ2v) is 9.64. The number of hydrogen-bond acceptors (Lipinski definition) is 5. The number of carbonyl (C=O) groups is 2. The van der Waals surface area contributed by atoms with Crippen LogP contribution in [0.4, 0.5) is 17.1 Å². The van der Waals surface area contributed by atoms with E-state index in [0.717, 1.165) is 35.1 Å². The lowest BCUT2D eigenvalue weighted by atomic mass is 9.79. The number of carbonyl (C=O) groups excluding carboxylic acids is 2. The van der Waals surface area contributed by atoms with Gasteiger partial charge in [0.1, 0.15) is 12.6 Å². The van der Waals surface area contributed by atoms with Gasteiger partial charge in [0.15, 0.2) is 0 Å². The van der Waals surface area contributed by atoms with E-state index < -0.39 is 18.3 Å². The van der Waals surface area contributed by atoms with Crippen molar-refractivity contribution in [3.8, 4) is 0 Å². The van der Waals surface area contributed by atoms with Gasteiger partial charge in [-0.25, -0.2) is 0 Å². The molecule has 0 saturated carbocycles. The molecular weight excluding hydrogens is 437 g/mol. The molecule has 1 heterocycles. The first kappa shape index (κ1) is 26.4. The van der Waals surface area contributed by atoms with Crippen LogP contribution in [-0.4, -0.2) is 30.9 Å². The fraction of sp³-hybridized carbons (Fsp3) is 0.310. The van der Waals surface area contributed by atoms with Crippen molar-refractivity contribution in [3.63, 3.8) is 0 Å². The maximum Gasteiger partial charge on any atom is 0.494 e. The summed E-state index contributed by atoms with van der Waals surface area (Å²) in [5.41, 5.74) is 4.10. The molecule has 4 rings (SSSR count). The van der Waals surface area contributed by atoms with Crippen molar-refractivity contribution in [2.24, 2.45) is 0 Å². The first-order valence-corrected chi connectivity index (χ1v) is 12.0. The minimum Gasteiger partial charge on any atom is -0.399 e. The molecule has 0 radical (unpaired) electrons. The summed E-state index contributed by atoms with van der Waals surface area (Å²) in [7, 11) is -0.429. The van der Waals surface area contributed by atoms with E-state index in [9.17, 15) is 9.59 Å². The summed E-state index contributed by atoms with van der Waals surface area (Å²) in [6.07, 6.45) is 2.90. The summed E-state index contributed by atoms with van der Waals surface area (Å²) in [6.45, 7) is 12.4.